The van der Waals surface area contributed by atoms with E-state index in [1.54, 1.807) is 4.68 Å². The number of hydrogen-bond donors (Lipinski definition) is 1. The fourth-order valence-corrected chi connectivity index (χ4v) is 4.85. The maximum absolute atomic E-state index is 13.5. The summed E-state index contributed by atoms with van der Waals surface area (Å²) in [5.74, 6) is 1.67. The van der Waals surface area contributed by atoms with E-state index in [2.05, 4.69) is 22.3 Å². The summed E-state index contributed by atoms with van der Waals surface area (Å²) in [5.41, 5.74) is 2.14. The lowest BCUT2D eigenvalue weighted by Crippen LogP contribution is -2.32. The van der Waals surface area contributed by atoms with Crippen molar-refractivity contribution in [2.45, 2.75) is 90.7 Å². The number of benzene rings is 1. The monoisotopic (exact) mass is 482 g/mol. The molecule has 1 aromatic heterocycles. The Labute approximate surface area is 208 Å². The van der Waals surface area contributed by atoms with Gasteiger partial charge in [-0.1, -0.05) is 38.7 Å². The first-order chi connectivity index (χ1) is 17.1. The van der Waals surface area contributed by atoms with Crippen LogP contribution in [0.4, 0.5) is 5.95 Å². The Morgan fingerprint density at radius 3 is 2.69 bits per heavy atom. The van der Waals surface area contributed by atoms with Crippen LogP contribution in [0.5, 0.6) is 11.5 Å². The minimum Gasteiger partial charge on any atom is -0.490 e. The van der Waals surface area contributed by atoms with Gasteiger partial charge < -0.3 is 19.5 Å². The summed E-state index contributed by atoms with van der Waals surface area (Å²) in [6.45, 7) is 7.21. The molecule has 0 saturated heterocycles. The van der Waals surface area contributed by atoms with Gasteiger partial charge in [0.1, 0.15) is 18.5 Å². The van der Waals surface area contributed by atoms with Gasteiger partial charge in [0, 0.05) is 5.70 Å². The SMILES string of the molecule is CCCCCCOc1ccc(C2C(C(=O)OC3CCCCC3)=C(C)Nc3ncnn32)cc1OCC. The quantitative estimate of drug-likeness (QED) is 0.320. The molecule has 190 valence electrons. The summed E-state index contributed by atoms with van der Waals surface area (Å²) in [7, 11) is 0. The molecule has 1 aliphatic heterocycles. The van der Waals surface area contributed by atoms with Crippen molar-refractivity contribution in [1.29, 1.82) is 0 Å². The summed E-state index contributed by atoms with van der Waals surface area (Å²) in [5, 5.41) is 7.65. The Kier molecular flexibility index (Phi) is 8.66. The topological polar surface area (TPSA) is 87.5 Å². The second-order valence-electron chi connectivity index (χ2n) is 9.31. The summed E-state index contributed by atoms with van der Waals surface area (Å²) >= 11 is 0. The van der Waals surface area contributed by atoms with Gasteiger partial charge in [-0.2, -0.15) is 10.1 Å². The van der Waals surface area contributed by atoms with E-state index in [4.69, 9.17) is 14.2 Å². The van der Waals surface area contributed by atoms with Gasteiger partial charge in [0.15, 0.2) is 11.5 Å². The van der Waals surface area contributed by atoms with Crippen molar-refractivity contribution < 1.29 is 19.0 Å². The van der Waals surface area contributed by atoms with E-state index < -0.39 is 6.04 Å². The highest BCUT2D eigenvalue weighted by atomic mass is 16.5. The van der Waals surface area contributed by atoms with E-state index in [0.717, 1.165) is 49.8 Å². The third-order valence-corrected chi connectivity index (χ3v) is 6.68. The maximum Gasteiger partial charge on any atom is 0.338 e. The molecular formula is C27H38N4O4. The minimum absolute atomic E-state index is 0.0307. The number of fused-ring (bicyclic) bond motifs is 1. The molecule has 1 fully saturated rings. The molecule has 35 heavy (non-hydrogen) atoms. The standard InChI is InChI=1S/C27H38N4O4/c1-4-6-7-11-16-34-22-15-14-20(17-23(22)33-5-2)25-24(19(3)30-27-28-18-29-31(25)27)26(32)35-21-12-9-8-10-13-21/h14-15,17-18,21,25H,4-13,16H2,1-3H3,(H,28,29,30). The molecule has 1 aliphatic carbocycles. The molecule has 1 unspecified atom stereocenters. The number of anilines is 1. The number of nitrogens with zero attached hydrogens (tertiary/aromatic N) is 3. The molecule has 2 aliphatic rings. The number of esters is 1. The van der Waals surface area contributed by atoms with Crippen LogP contribution in [-0.4, -0.2) is 40.1 Å². The average molecular weight is 483 g/mol. The number of allylic oxidation sites excluding steroid dienone is 1. The van der Waals surface area contributed by atoms with Crippen LogP contribution in [0.25, 0.3) is 0 Å². The number of carbonyl (C=O) groups excluding carboxylic acids is 1. The van der Waals surface area contributed by atoms with Crippen molar-refractivity contribution in [2.24, 2.45) is 0 Å². The summed E-state index contributed by atoms with van der Waals surface area (Å²) in [4.78, 5) is 17.8. The van der Waals surface area contributed by atoms with E-state index in [0.29, 0.717) is 36.2 Å². The molecule has 0 amide bonds. The molecule has 8 heteroatoms. The number of ether oxygens (including phenoxy) is 3. The molecule has 0 spiro atoms. The third kappa shape index (κ3) is 5.97. The fourth-order valence-electron chi connectivity index (χ4n) is 4.85. The number of rotatable bonds is 11. The first-order valence-electron chi connectivity index (χ1n) is 13.1. The predicted molar refractivity (Wildman–Crippen MR) is 135 cm³/mol. The van der Waals surface area contributed by atoms with Crippen molar-refractivity contribution >= 4 is 11.9 Å². The summed E-state index contributed by atoms with van der Waals surface area (Å²) in [6, 6.07) is 5.39. The number of unbranched alkanes of at least 4 members (excludes halogenated alkanes) is 3. The third-order valence-electron chi connectivity index (χ3n) is 6.68. The summed E-state index contributed by atoms with van der Waals surface area (Å²) < 4.78 is 19.7. The highest BCUT2D eigenvalue weighted by Crippen LogP contribution is 2.39. The molecule has 0 bridgehead atoms. The lowest BCUT2D eigenvalue weighted by Gasteiger charge is -2.30. The van der Waals surface area contributed by atoms with Crippen LogP contribution >= 0.6 is 0 Å². The van der Waals surface area contributed by atoms with E-state index >= 15 is 0 Å². The number of nitrogens with one attached hydrogen (secondary N) is 1. The van der Waals surface area contributed by atoms with Crippen molar-refractivity contribution in [3.05, 3.63) is 41.4 Å². The van der Waals surface area contributed by atoms with Crippen LogP contribution in [0.3, 0.4) is 0 Å². The van der Waals surface area contributed by atoms with Gasteiger partial charge in [-0.25, -0.2) is 9.48 Å². The predicted octanol–water partition coefficient (Wildman–Crippen LogP) is 5.80. The Morgan fingerprint density at radius 1 is 1.09 bits per heavy atom. The van der Waals surface area contributed by atoms with Gasteiger partial charge >= 0.3 is 5.97 Å². The van der Waals surface area contributed by atoms with E-state index in [9.17, 15) is 4.79 Å². The van der Waals surface area contributed by atoms with Gasteiger partial charge in [0.05, 0.1) is 18.8 Å². The molecule has 1 saturated carbocycles. The molecular weight excluding hydrogens is 444 g/mol. The van der Waals surface area contributed by atoms with Gasteiger partial charge in [-0.15, -0.1) is 0 Å². The Morgan fingerprint density at radius 2 is 1.91 bits per heavy atom. The smallest absolute Gasteiger partial charge is 0.338 e. The van der Waals surface area contributed by atoms with Crippen molar-refractivity contribution in [3.63, 3.8) is 0 Å². The van der Waals surface area contributed by atoms with Crippen LogP contribution < -0.4 is 14.8 Å². The molecule has 1 N–H and O–H groups in total. The lowest BCUT2D eigenvalue weighted by atomic mass is 9.94. The normalized spacial score (nSPS) is 18.1. The van der Waals surface area contributed by atoms with Gasteiger partial charge in [0.25, 0.3) is 0 Å². The Balaban J connectivity index is 1.61. The zero-order valence-electron chi connectivity index (χ0n) is 21.2. The van der Waals surface area contributed by atoms with Gasteiger partial charge in [-0.05, 0) is 63.6 Å². The zero-order chi connectivity index (χ0) is 24.6. The highest BCUT2D eigenvalue weighted by molar-refractivity contribution is 5.92. The van der Waals surface area contributed by atoms with Crippen molar-refractivity contribution in [2.75, 3.05) is 18.5 Å². The summed E-state index contributed by atoms with van der Waals surface area (Å²) in [6.07, 6.45) is 11.3. The Hall–Kier alpha value is -3.03. The fraction of sp³-hybridized carbons (Fsp3) is 0.593. The van der Waals surface area contributed by atoms with Crippen molar-refractivity contribution in [3.8, 4) is 11.5 Å². The largest absolute Gasteiger partial charge is 0.490 e. The molecule has 4 rings (SSSR count). The second-order valence-corrected chi connectivity index (χ2v) is 9.31. The molecule has 8 nitrogen and oxygen atoms in total. The highest BCUT2D eigenvalue weighted by Gasteiger charge is 2.36. The van der Waals surface area contributed by atoms with E-state index in [1.165, 1.54) is 25.6 Å². The van der Waals surface area contributed by atoms with Crippen LogP contribution in [0.2, 0.25) is 0 Å². The molecule has 1 aromatic carbocycles. The zero-order valence-corrected chi connectivity index (χ0v) is 21.2. The lowest BCUT2D eigenvalue weighted by molar-refractivity contribution is -0.146. The van der Waals surface area contributed by atoms with Gasteiger partial charge in [-0.3, -0.25) is 0 Å². The van der Waals surface area contributed by atoms with E-state index in [-0.39, 0.29) is 12.1 Å². The molecule has 1 atom stereocenters. The average Bonchev–Trinajstić information content (AvgIpc) is 3.32. The molecule has 2 aromatic rings. The van der Waals surface area contributed by atoms with Crippen LogP contribution in [0.15, 0.2) is 35.8 Å². The second kappa shape index (κ2) is 12.1. The first kappa shape index (κ1) is 25.1. The Bertz CT molecular complexity index is 1030. The van der Waals surface area contributed by atoms with Crippen LogP contribution in [0, 0.1) is 0 Å². The van der Waals surface area contributed by atoms with E-state index in [1.807, 2.05) is 32.0 Å². The number of hydrogen-bond acceptors (Lipinski definition) is 7. The van der Waals surface area contributed by atoms with Crippen LogP contribution in [0.1, 0.15) is 90.2 Å². The van der Waals surface area contributed by atoms with Gasteiger partial charge in [0.2, 0.25) is 5.95 Å². The number of carbonyl (C=O) groups is 1. The number of aromatic nitrogens is 3. The minimum atomic E-state index is -0.470. The van der Waals surface area contributed by atoms with Crippen LogP contribution in [-0.2, 0) is 9.53 Å². The molecule has 2 heterocycles. The maximum atomic E-state index is 13.5. The molecule has 0 radical (unpaired) electrons. The van der Waals surface area contributed by atoms with Crippen molar-refractivity contribution in [1.82, 2.24) is 14.8 Å². The first-order valence-corrected chi connectivity index (χ1v) is 13.1.